The number of hydrogen-bond donors (Lipinski definition) is 0. The molecule has 1 aromatic carbocycles. The lowest BCUT2D eigenvalue weighted by molar-refractivity contribution is -0.137. The van der Waals surface area contributed by atoms with Gasteiger partial charge in [-0.2, -0.15) is 13.2 Å². The van der Waals surface area contributed by atoms with Crippen molar-refractivity contribution in [1.82, 2.24) is 0 Å². The molecule has 1 aromatic rings. The van der Waals surface area contributed by atoms with Gasteiger partial charge in [0.15, 0.2) is 11.6 Å². The molecule has 132 valence electrons. The molecule has 0 saturated carbocycles. The van der Waals surface area contributed by atoms with Gasteiger partial charge < -0.3 is 0 Å². The fourth-order valence-electron chi connectivity index (χ4n) is 2.41. The highest BCUT2D eigenvalue weighted by Crippen LogP contribution is 2.31. The molecule has 2 rings (SSSR count). The van der Waals surface area contributed by atoms with Gasteiger partial charge in [-0.1, -0.05) is 18.2 Å². The Labute approximate surface area is 144 Å². The maximum absolute atomic E-state index is 13.1. The van der Waals surface area contributed by atoms with E-state index in [1.165, 1.54) is 13.0 Å². The Balaban J connectivity index is 2.36. The molecule has 1 heterocycles. The third-order valence-corrected chi connectivity index (χ3v) is 3.59. The van der Waals surface area contributed by atoms with Gasteiger partial charge in [0.05, 0.1) is 5.56 Å². The maximum Gasteiger partial charge on any atom is 0.416 e. The lowest BCUT2D eigenvalue weighted by Crippen LogP contribution is -2.08. The average molecular weight is 348 g/mol. The minimum Gasteiger partial charge on any atom is -0.295 e. The zero-order valence-electron chi connectivity index (χ0n) is 14.0. The van der Waals surface area contributed by atoms with E-state index in [1.54, 1.807) is 37.4 Å². The SMILES string of the molecule is C/C=C\c1cc(C2=NCCC(/C=C\C(C)=O)C=N2)cc(C(F)(F)F)c1. The number of amidine groups is 1. The molecule has 1 aliphatic rings. The third kappa shape index (κ3) is 5.52. The molecule has 0 fully saturated rings. The second-order valence-corrected chi connectivity index (χ2v) is 5.75. The van der Waals surface area contributed by atoms with Crippen LogP contribution in [0.5, 0.6) is 0 Å². The smallest absolute Gasteiger partial charge is 0.295 e. The van der Waals surface area contributed by atoms with Crippen LogP contribution in [0.1, 0.15) is 37.0 Å². The first-order chi connectivity index (χ1) is 11.8. The summed E-state index contributed by atoms with van der Waals surface area (Å²) < 4.78 is 39.4. The number of benzene rings is 1. The van der Waals surface area contributed by atoms with Gasteiger partial charge in [0, 0.05) is 24.2 Å². The molecule has 0 amide bonds. The van der Waals surface area contributed by atoms with Crippen LogP contribution in [0.15, 0.2) is 46.4 Å². The summed E-state index contributed by atoms with van der Waals surface area (Å²) in [6, 6.07) is 3.80. The second kappa shape index (κ2) is 8.05. The van der Waals surface area contributed by atoms with E-state index >= 15 is 0 Å². The number of allylic oxidation sites excluding steroid dienone is 3. The molecule has 0 radical (unpaired) electrons. The number of ketones is 1. The summed E-state index contributed by atoms with van der Waals surface area (Å²) in [6.45, 7) is 3.63. The standard InChI is InChI=1S/C19H19F3N2O/c1-3-4-15-9-16(11-17(10-15)19(20,21)22)18-23-8-7-14(12-24-18)6-5-13(2)25/h3-6,9-12,14H,7-8H2,1-2H3/b4-3-,6-5-. The third-order valence-electron chi connectivity index (χ3n) is 3.59. The maximum atomic E-state index is 13.1. The van der Waals surface area contributed by atoms with Gasteiger partial charge in [-0.15, -0.1) is 0 Å². The quantitative estimate of drug-likeness (QED) is 0.726. The summed E-state index contributed by atoms with van der Waals surface area (Å²) >= 11 is 0. The zero-order valence-corrected chi connectivity index (χ0v) is 14.0. The number of aliphatic imine (C=N–C) groups is 2. The molecule has 0 aliphatic carbocycles. The van der Waals surface area contributed by atoms with Crippen molar-refractivity contribution in [2.45, 2.75) is 26.4 Å². The number of alkyl halides is 3. The number of hydrogen-bond acceptors (Lipinski definition) is 3. The van der Waals surface area contributed by atoms with E-state index in [0.717, 1.165) is 12.1 Å². The van der Waals surface area contributed by atoms with Crippen LogP contribution >= 0.6 is 0 Å². The lowest BCUT2D eigenvalue weighted by atomic mass is 10.0. The van der Waals surface area contributed by atoms with Crippen LogP contribution in [0, 0.1) is 5.92 Å². The Morgan fingerprint density at radius 3 is 2.68 bits per heavy atom. The summed E-state index contributed by atoms with van der Waals surface area (Å²) in [5.41, 5.74) is 0.0474. The van der Waals surface area contributed by atoms with Crippen LogP contribution < -0.4 is 0 Å². The topological polar surface area (TPSA) is 41.8 Å². The van der Waals surface area contributed by atoms with Crippen molar-refractivity contribution in [3.8, 4) is 0 Å². The van der Waals surface area contributed by atoms with E-state index < -0.39 is 11.7 Å². The largest absolute Gasteiger partial charge is 0.416 e. The minimum absolute atomic E-state index is 0.0624. The fourth-order valence-corrected chi connectivity index (χ4v) is 2.41. The van der Waals surface area contributed by atoms with Crippen molar-refractivity contribution in [2.75, 3.05) is 6.54 Å². The molecular weight excluding hydrogens is 329 g/mol. The highest BCUT2D eigenvalue weighted by Gasteiger charge is 2.31. The fraction of sp³-hybridized carbons (Fsp3) is 0.316. The molecule has 1 atom stereocenters. The van der Waals surface area contributed by atoms with Crippen molar-refractivity contribution < 1.29 is 18.0 Å². The Morgan fingerprint density at radius 2 is 2.04 bits per heavy atom. The number of nitrogens with zero attached hydrogens (tertiary/aromatic N) is 2. The van der Waals surface area contributed by atoms with Gasteiger partial charge in [0.25, 0.3) is 0 Å². The molecule has 25 heavy (non-hydrogen) atoms. The van der Waals surface area contributed by atoms with E-state index in [-0.39, 0.29) is 17.5 Å². The van der Waals surface area contributed by atoms with Crippen LogP contribution in [0.2, 0.25) is 0 Å². The summed E-state index contributed by atoms with van der Waals surface area (Å²) in [4.78, 5) is 19.6. The van der Waals surface area contributed by atoms with Crippen molar-refractivity contribution >= 4 is 23.9 Å². The first kappa shape index (κ1) is 18.8. The number of carbonyl (C=O) groups excluding carboxylic acids is 1. The lowest BCUT2D eigenvalue weighted by Gasteiger charge is -2.10. The molecule has 0 bridgehead atoms. The Kier molecular flexibility index (Phi) is 6.07. The van der Waals surface area contributed by atoms with Gasteiger partial charge in [-0.25, -0.2) is 4.99 Å². The highest BCUT2D eigenvalue weighted by atomic mass is 19.4. The summed E-state index contributed by atoms with van der Waals surface area (Å²) in [5.74, 6) is 0.147. The first-order valence-corrected chi connectivity index (χ1v) is 7.92. The minimum atomic E-state index is -4.44. The van der Waals surface area contributed by atoms with Gasteiger partial charge >= 0.3 is 6.18 Å². The average Bonchev–Trinajstić information content (AvgIpc) is 2.78. The molecule has 0 saturated heterocycles. The van der Waals surface area contributed by atoms with E-state index in [4.69, 9.17) is 0 Å². The normalized spacial score (nSPS) is 18.6. The zero-order chi connectivity index (χ0) is 18.4. The van der Waals surface area contributed by atoms with Crippen LogP contribution in [0.4, 0.5) is 13.2 Å². The number of rotatable bonds is 4. The number of carbonyl (C=O) groups is 1. The predicted molar refractivity (Wildman–Crippen MR) is 94.0 cm³/mol. The monoisotopic (exact) mass is 348 g/mol. The molecule has 0 spiro atoms. The van der Waals surface area contributed by atoms with Crippen molar-refractivity contribution in [3.63, 3.8) is 0 Å². The first-order valence-electron chi connectivity index (χ1n) is 7.92. The van der Waals surface area contributed by atoms with E-state index in [0.29, 0.717) is 24.1 Å². The van der Waals surface area contributed by atoms with Crippen molar-refractivity contribution in [3.05, 3.63) is 53.1 Å². The van der Waals surface area contributed by atoms with E-state index in [9.17, 15) is 18.0 Å². The van der Waals surface area contributed by atoms with Crippen LogP contribution in [-0.2, 0) is 11.0 Å². The van der Waals surface area contributed by atoms with Crippen molar-refractivity contribution in [2.24, 2.45) is 15.9 Å². The molecule has 1 aliphatic heterocycles. The van der Waals surface area contributed by atoms with Gasteiger partial charge in [-0.05, 0) is 50.1 Å². The van der Waals surface area contributed by atoms with E-state index in [1.807, 2.05) is 0 Å². The van der Waals surface area contributed by atoms with E-state index in [2.05, 4.69) is 9.98 Å². The molecular formula is C19H19F3N2O. The second-order valence-electron chi connectivity index (χ2n) is 5.75. The highest BCUT2D eigenvalue weighted by molar-refractivity contribution is 6.04. The predicted octanol–water partition coefficient (Wildman–Crippen LogP) is 4.72. The molecule has 3 nitrogen and oxygen atoms in total. The molecule has 0 aromatic heterocycles. The van der Waals surface area contributed by atoms with Crippen LogP contribution in [0.25, 0.3) is 6.08 Å². The summed E-state index contributed by atoms with van der Waals surface area (Å²) in [7, 11) is 0. The van der Waals surface area contributed by atoms with Crippen LogP contribution in [0.3, 0.4) is 0 Å². The molecule has 1 unspecified atom stereocenters. The summed E-state index contributed by atoms with van der Waals surface area (Å²) in [5, 5.41) is 0. The Hall–Kier alpha value is -2.50. The number of halogens is 3. The van der Waals surface area contributed by atoms with Gasteiger partial charge in [0.2, 0.25) is 0 Å². The van der Waals surface area contributed by atoms with Crippen molar-refractivity contribution in [1.29, 1.82) is 0 Å². The molecule has 0 N–H and O–H groups in total. The molecule has 6 heteroatoms. The summed E-state index contributed by atoms with van der Waals surface area (Å²) in [6.07, 6.45) is 4.34. The van der Waals surface area contributed by atoms with Crippen LogP contribution in [-0.4, -0.2) is 24.4 Å². The van der Waals surface area contributed by atoms with Gasteiger partial charge in [0.1, 0.15) is 0 Å². The Bertz CT molecular complexity index is 758. The van der Waals surface area contributed by atoms with Gasteiger partial charge in [-0.3, -0.25) is 9.79 Å². The Morgan fingerprint density at radius 1 is 1.28 bits per heavy atom.